The Morgan fingerprint density at radius 2 is 0.900 bits per heavy atom. The highest BCUT2D eigenvalue weighted by Gasteiger charge is 2.51. The van der Waals surface area contributed by atoms with Gasteiger partial charge in [0.05, 0.1) is 29.6 Å². The van der Waals surface area contributed by atoms with Crippen molar-refractivity contribution in [2.24, 2.45) is 0 Å². The van der Waals surface area contributed by atoms with E-state index < -0.39 is 20.5 Å². The topological polar surface area (TPSA) is 283 Å². The van der Waals surface area contributed by atoms with Crippen LogP contribution >= 0.6 is 44.1 Å². The molecule has 2 aliphatic carbocycles. The lowest BCUT2D eigenvalue weighted by Gasteiger charge is -2.36. The van der Waals surface area contributed by atoms with E-state index in [9.17, 15) is 20.2 Å². The van der Waals surface area contributed by atoms with Gasteiger partial charge in [-0.25, -0.2) is 37.3 Å². The molecule has 18 nitrogen and oxygen atoms in total. The summed E-state index contributed by atoms with van der Waals surface area (Å²) in [6.45, 7) is 10.8. The predicted molar refractivity (Wildman–Crippen MR) is 338 cm³/mol. The van der Waals surface area contributed by atoms with Crippen molar-refractivity contribution >= 4 is 116 Å². The summed E-state index contributed by atoms with van der Waals surface area (Å²) in [5.74, 6) is 0. The molecule has 0 unspecified atom stereocenters. The van der Waals surface area contributed by atoms with Crippen LogP contribution in [0.15, 0.2) is 154 Å². The number of hydrogen-bond donors (Lipinski definition) is 0. The Bertz CT molecular complexity index is 3830. The van der Waals surface area contributed by atoms with E-state index in [0.717, 1.165) is 105 Å². The minimum atomic E-state index is -4.94. The fraction of sp³-hybridized carbons (Fsp3) is 0.358. The van der Waals surface area contributed by atoms with E-state index in [-0.39, 0.29) is 42.9 Å². The summed E-state index contributed by atoms with van der Waals surface area (Å²) in [6.07, 6.45) is 25.6. The van der Waals surface area contributed by atoms with E-state index in [1.165, 1.54) is 79.7 Å². The van der Waals surface area contributed by atoms with Crippen molar-refractivity contribution in [3.63, 3.8) is 0 Å². The molecule has 472 valence electrons. The maximum Gasteiger partial charge on any atom is 0.283 e. The largest absolute Gasteiger partial charge is 0.347 e. The number of nitrogens with zero attached hydrogens (tertiary/aromatic N) is 6. The van der Waals surface area contributed by atoms with Crippen LogP contribution in [0.25, 0.3) is 21.5 Å². The van der Waals surface area contributed by atoms with Crippen LogP contribution in [0.1, 0.15) is 127 Å². The van der Waals surface area contributed by atoms with Gasteiger partial charge < -0.3 is 9.80 Å². The fourth-order valence-corrected chi connectivity index (χ4v) is 16.5. The number of nitro groups is 2. The van der Waals surface area contributed by atoms with Gasteiger partial charge >= 0.3 is 0 Å². The molecule has 2 fully saturated rings. The minimum absolute atomic E-state index is 0.117. The van der Waals surface area contributed by atoms with E-state index in [2.05, 4.69) is 202 Å². The molecule has 2 spiro atoms. The normalized spacial score (nSPS) is 19.5. The summed E-state index contributed by atoms with van der Waals surface area (Å²) in [6, 6.07) is 34.0. The minimum Gasteiger partial charge on any atom is -0.347 e. The van der Waals surface area contributed by atoms with Gasteiger partial charge in [0, 0.05) is 113 Å². The highest BCUT2D eigenvalue weighted by Crippen LogP contribution is 2.58. The molecule has 0 amide bonds. The first kappa shape index (κ1) is 66.8. The average Bonchev–Trinajstić information content (AvgIpc) is 1.60. The Kier molecular flexibility index (Phi) is 19.1. The molecule has 0 radical (unpaired) electrons. The zero-order valence-electron chi connectivity index (χ0n) is 50.6. The molecule has 0 bridgehead atoms. The first-order valence-electron chi connectivity index (χ1n) is 29.7. The molecule has 0 saturated heterocycles. The second-order valence-electron chi connectivity index (χ2n) is 24.9. The molecular weight excluding hydrogens is 1340 g/mol. The van der Waals surface area contributed by atoms with E-state index in [0.29, 0.717) is 8.95 Å². The Balaban J connectivity index is 0.000000827. The van der Waals surface area contributed by atoms with E-state index in [1.807, 2.05) is 24.3 Å². The lowest BCUT2D eigenvalue weighted by molar-refractivity contribution is -2.00. The van der Waals surface area contributed by atoms with Crippen molar-refractivity contribution in [3.05, 3.63) is 196 Å². The van der Waals surface area contributed by atoms with Crippen molar-refractivity contribution in [2.75, 3.05) is 37.0 Å². The van der Waals surface area contributed by atoms with E-state index in [4.69, 9.17) is 49.5 Å². The van der Waals surface area contributed by atoms with Crippen molar-refractivity contribution < 1.29 is 76.8 Å². The number of fused-ring (bicyclic) bond motifs is 10. The molecule has 6 aliphatic rings. The van der Waals surface area contributed by atoms with Gasteiger partial charge in [0.15, 0.2) is 24.5 Å². The van der Waals surface area contributed by atoms with Crippen molar-refractivity contribution in [1.29, 1.82) is 0 Å². The number of thiocarbonyl (C=S) groups is 1. The number of nitro benzene ring substituents is 2. The predicted octanol–water partition coefficient (Wildman–Crippen LogP) is 8.01. The van der Waals surface area contributed by atoms with E-state index in [1.54, 1.807) is 0 Å². The van der Waals surface area contributed by atoms with Gasteiger partial charge in [-0.2, -0.15) is 9.15 Å². The van der Waals surface area contributed by atoms with Crippen LogP contribution in [0, 0.1) is 40.7 Å². The average molecular weight is 1410 g/mol. The molecule has 6 aromatic carbocycles. The van der Waals surface area contributed by atoms with Crippen LogP contribution < -0.4 is 47.1 Å². The van der Waals surface area contributed by atoms with Crippen LogP contribution in [-0.4, -0.2) is 62.5 Å². The van der Waals surface area contributed by atoms with Gasteiger partial charge in [0.25, 0.3) is 11.4 Å². The van der Waals surface area contributed by atoms with Crippen molar-refractivity contribution in [3.8, 4) is 0 Å². The molecule has 4 heterocycles. The Hall–Kier alpha value is -6.15. The monoisotopic (exact) mass is 1410 g/mol. The van der Waals surface area contributed by atoms with Gasteiger partial charge in [-0.3, -0.25) is 20.2 Å². The zero-order chi connectivity index (χ0) is 65.0. The molecule has 4 aliphatic heterocycles. The number of likely N-dealkylation sites (N-methyl/N-ethyl adjacent to an activating group) is 2. The Labute approximate surface area is 548 Å². The SMILES string of the molecule is CN1/C(=C/C=C/C2=[N+](CCC(=S)CC[N+]3=C(/C=C/C=C4/N(C)c5cc(Br)c([N+](=O)[O-])cc5C45CCCCC5)C(C)(C)c4c3ccc3ccccc43)c3ccc4ccccc4c3C2(C)C)C2(CCCCC2)c2cc([N+](=O)[O-])c(Br)cc21.[O-][Cl+3]([O-])([O-])[O-].[O-][Cl+3]([O-])([O-])[O-]. The second-order valence-corrected chi connectivity index (χ2v) is 28.7. The van der Waals surface area contributed by atoms with Crippen LogP contribution in [0.5, 0.6) is 0 Å². The molecule has 12 rings (SSSR count). The summed E-state index contributed by atoms with van der Waals surface area (Å²) in [5, 5.41) is 29.4. The highest BCUT2D eigenvalue weighted by atomic mass is 79.9. The lowest BCUT2D eigenvalue weighted by Crippen LogP contribution is -2.68. The number of allylic oxidation sites excluding steroid dienone is 8. The highest BCUT2D eigenvalue weighted by molar-refractivity contribution is 9.11. The molecule has 23 heteroatoms. The van der Waals surface area contributed by atoms with Crippen molar-refractivity contribution in [2.45, 2.75) is 126 Å². The number of rotatable bonds is 12. The Morgan fingerprint density at radius 1 is 0.556 bits per heavy atom. The molecular formula is C67H68Br2Cl2N6O12S. The third-order valence-electron chi connectivity index (χ3n) is 19.1. The standard InChI is InChI=1S/C67H68Br2N6O4S.2ClHO4/c1-64(2)58(23-17-25-60-66(33-13-7-14-34-66)48-39-56(74(76)77)50(68)41-54(48)70(60)5)72(52-29-27-43-19-9-11-21-46(43)62(52)64)37-31-45(80)32-38-73-53-30-28-44-20-10-12-22-47(44)63(53)65(3,4)59(73)24-18-26-61-67(35-15-8-16-36-67)49-40-57(75(78)79)51(69)42-55(49)71(61)6;2*2-1(3,4)5/h9-12,17-30,39-42H,7-8,13-16,31-38H2,1-6H3;2*(H,2,3,4,5)/q+2;;/p-2. The number of benzene rings is 6. The van der Waals surface area contributed by atoms with Gasteiger partial charge in [-0.1, -0.05) is 111 Å². The maximum absolute atomic E-state index is 12.2. The smallest absolute Gasteiger partial charge is 0.283 e. The third-order valence-corrected chi connectivity index (χ3v) is 20.8. The summed E-state index contributed by atoms with van der Waals surface area (Å²) < 4.78 is 74.0. The summed E-state index contributed by atoms with van der Waals surface area (Å²) in [5.41, 5.74) is 13.1. The second kappa shape index (κ2) is 25.7. The van der Waals surface area contributed by atoms with E-state index >= 15 is 0 Å². The molecule has 0 aromatic heterocycles. The van der Waals surface area contributed by atoms with Gasteiger partial charge in [0.2, 0.25) is 11.4 Å². The molecule has 0 N–H and O–H groups in total. The fourth-order valence-electron chi connectivity index (χ4n) is 15.4. The Morgan fingerprint density at radius 3 is 1.24 bits per heavy atom. The third kappa shape index (κ3) is 12.9. The first-order valence-corrected chi connectivity index (χ1v) is 34.2. The summed E-state index contributed by atoms with van der Waals surface area (Å²) >= 11 is 13.5. The number of anilines is 2. The van der Waals surface area contributed by atoms with Crippen LogP contribution in [0.4, 0.5) is 34.1 Å². The molecule has 90 heavy (non-hydrogen) atoms. The summed E-state index contributed by atoms with van der Waals surface area (Å²) in [4.78, 5) is 29.5. The van der Waals surface area contributed by atoms with Crippen LogP contribution in [0.2, 0.25) is 0 Å². The number of halogens is 4. The molecule has 2 saturated carbocycles. The quantitative estimate of drug-likeness (QED) is 0.0485. The molecule has 6 aromatic rings. The van der Waals surface area contributed by atoms with Gasteiger partial charge in [0.1, 0.15) is 0 Å². The first-order chi connectivity index (χ1) is 42.4. The lowest BCUT2D eigenvalue weighted by atomic mass is 9.68. The maximum atomic E-state index is 12.2. The zero-order valence-corrected chi connectivity index (χ0v) is 56.1. The van der Waals surface area contributed by atoms with Gasteiger partial charge in [-0.15, -0.1) is 20.5 Å². The molecule has 0 atom stereocenters. The van der Waals surface area contributed by atoms with Crippen molar-refractivity contribution in [1.82, 2.24) is 0 Å². The van der Waals surface area contributed by atoms with Crippen LogP contribution in [0.3, 0.4) is 0 Å². The van der Waals surface area contributed by atoms with Gasteiger partial charge in [-0.05, 0) is 154 Å². The summed E-state index contributed by atoms with van der Waals surface area (Å²) in [7, 11) is -5.67. The number of hydrogen-bond acceptors (Lipinski definition) is 15. The van der Waals surface area contributed by atoms with Crippen LogP contribution in [-0.2, 0) is 21.7 Å².